The van der Waals surface area contributed by atoms with Crippen molar-refractivity contribution in [1.29, 1.82) is 0 Å². The van der Waals surface area contributed by atoms with Gasteiger partial charge < -0.3 is 10.6 Å². The summed E-state index contributed by atoms with van der Waals surface area (Å²) < 4.78 is 0. The molecule has 2 aromatic rings. The zero-order chi connectivity index (χ0) is 16.7. The van der Waals surface area contributed by atoms with Crippen LogP contribution in [0.4, 0.5) is 5.82 Å². The third-order valence-corrected chi connectivity index (χ3v) is 3.47. The molecule has 0 bridgehead atoms. The predicted molar refractivity (Wildman–Crippen MR) is 90.2 cm³/mol. The Bertz CT molecular complexity index is 677. The highest BCUT2D eigenvalue weighted by Gasteiger charge is 2.14. The molecule has 1 atom stereocenters. The van der Waals surface area contributed by atoms with E-state index in [9.17, 15) is 9.59 Å². The number of nitrogens with one attached hydrogen (secondary N) is 2. The maximum Gasteiger partial charge on any atom is 0.244 e. The molecule has 2 amide bonds. The first-order valence-electron chi connectivity index (χ1n) is 7.27. The van der Waals surface area contributed by atoms with Gasteiger partial charge in [-0.15, -0.1) is 0 Å². The third-order valence-electron chi connectivity index (χ3n) is 3.23. The molecule has 0 spiro atoms. The fourth-order valence-corrected chi connectivity index (χ4v) is 2.29. The molecule has 0 radical (unpaired) electrons. The Hall–Kier alpha value is -2.40. The number of anilines is 1. The van der Waals surface area contributed by atoms with Gasteiger partial charge in [0.1, 0.15) is 5.82 Å². The van der Waals surface area contributed by atoms with Gasteiger partial charge in [-0.1, -0.05) is 36.7 Å². The second-order valence-corrected chi connectivity index (χ2v) is 5.65. The Balaban J connectivity index is 1.78. The third kappa shape index (κ3) is 5.71. The van der Waals surface area contributed by atoms with Crippen LogP contribution in [0.5, 0.6) is 0 Å². The van der Waals surface area contributed by atoms with Crippen molar-refractivity contribution in [2.45, 2.75) is 13.3 Å². The number of nitrogens with zero attached hydrogens (tertiary/aromatic N) is 1. The lowest BCUT2D eigenvalue weighted by atomic mass is 10.0. The molecule has 1 aromatic heterocycles. The van der Waals surface area contributed by atoms with Crippen molar-refractivity contribution < 1.29 is 9.59 Å². The SMILES string of the molecule is C[C@@H](Cc1cccc(Cl)c1)C(=O)NCC(=O)Nc1ccccn1. The minimum atomic E-state index is -0.313. The monoisotopic (exact) mass is 331 g/mol. The number of rotatable bonds is 6. The van der Waals surface area contributed by atoms with E-state index in [1.165, 1.54) is 0 Å². The van der Waals surface area contributed by atoms with Crippen molar-refractivity contribution >= 4 is 29.2 Å². The number of amides is 2. The second-order valence-electron chi connectivity index (χ2n) is 5.22. The Morgan fingerprint density at radius 1 is 1.22 bits per heavy atom. The van der Waals surface area contributed by atoms with E-state index in [-0.39, 0.29) is 24.3 Å². The molecule has 1 heterocycles. The van der Waals surface area contributed by atoms with Crippen LogP contribution < -0.4 is 10.6 Å². The largest absolute Gasteiger partial charge is 0.347 e. The molecule has 5 nitrogen and oxygen atoms in total. The van der Waals surface area contributed by atoms with Gasteiger partial charge in [0.15, 0.2) is 0 Å². The topological polar surface area (TPSA) is 71.1 Å². The summed E-state index contributed by atoms with van der Waals surface area (Å²) in [6.45, 7) is 1.72. The average Bonchev–Trinajstić information content (AvgIpc) is 2.53. The van der Waals surface area contributed by atoms with Gasteiger partial charge in [-0.25, -0.2) is 4.98 Å². The quantitative estimate of drug-likeness (QED) is 0.855. The molecule has 0 aliphatic rings. The highest BCUT2D eigenvalue weighted by atomic mass is 35.5. The molecule has 1 aromatic carbocycles. The predicted octanol–water partition coefficient (Wildman–Crippen LogP) is 2.67. The molecule has 23 heavy (non-hydrogen) atoms. The van der Waals surface area contributed by atoms with Crippen LogP contribution in [0.15, 0.2) is 48.7 Å². The lowest BCUT2D eigenvalue weighted by Gasteiger charge is -2.12. The summed E-state index contributed by atoms with van der Waals surface area (Å²) in [4.78, 5) is 27.8. The Morgan fingerprint density at radius 2 is 2.04 bits per heavy atom. The van der Waals surface area contributed by atoms with E-state index >= 15 is 0 Å². The summed E-state index contributed by atoms with van der Waals surface area (Å²) in [5.41, 5.74) is 0.984. The van der Waals surface area contributed by atoms with Crippen LogP contribution in [0.2, 0.25) is 5.02 Å². The summed E-state index contributed by atoms with van der Waals surface area (Å²) in [5, 5.41) is 5.88. The van der Waals surface area contributed by atoms with Crippen LogP contribution in [-0.4, -0.2) is 23.3 Å². The number of hydrogen-bond donors (Lipinski definition) is 2. The zero-order valence-corrected chi connectivity index (χ0v) is 13.5. The highest BCUT2D eigenvalue weighted by molar-refractivity contribution is 6.30. The number of pyridine rings is 1. The summed E-state index contributed by atoms with van der Waals surface area (Å²) in [6.07, 6.45) is 2.15. The Kier molecular flexibility index (Phi) is 6.11. The molecular weight excluding hydrogens is 314 g/mol. The summed E-state index contributed by atoms with van der Waals surface area (Å²) in [5.74, 6) is -0.289. The van der Waals surface area contributed by atoms with Gasteiger partial charge in [0.2, 0.25) is 11.8 Å². The van der Waals surface area contributed by atoms with Gasteiger partial charge in [0.05, 0.1) is 6.54 Å². The Morgan fingerprint density at radius 3 is 2.74 bits per heavy atom. The average molecular weight is 332 g/mol. The first kappa shape index (κ1) is 17.0. The molecule has 6 heteroatoms. The van der Waals surface area contributed by atoms with Crippen LogP contribution in [-0.2, 0) is 16.0 Å². The van der Waals surface area contributed by atoms with Crippen molar-refractivity contribution in [2.24, 2.45) is 5.92 Å². The molecule has 120 valence electrons. The minimum absolute atomic E-state index is 0.0880. The molecule has 0 unspecified atom stereocenters. The maximum absolute atomic E-state index is 12.0. The molecule has 0 aliphatic carbocycles. The number of carbonyl (C=O) groups excluding carboxylic acids is 2. The van der Waals surface area contributed by atoms with Crippen LogP contribution in [0.1, 0.15) is 12.5 Å². The summed E-state index contributed by atoms with van der Waals surface area (Å²) >= 11 is 5.93. The maximum atomic E-state index is 12.0. The van der Waals surface area contributed by atoms with E-state index in [0.29, 0.717) is 17.3 Å². The lowest BCUT2D eigenvalue weighted by Crippen LogP contribution is -2.36. The van der Waals surface area contributed by atoms with E-state index in [1.54, 1.807) is 30.5 Å². The van der Waals surface area contributed by atoms with Crippen molar-refractivity contribution in [1.82, 2.24) is 10.3 Å². The molecule has 0 aliphatic heterocycles. The number of benzene rings is 1. The molecular formula is C17H18ClN3O2. The van der Waals surface area contributed by atoms with Gasteiger partial charge in [0.25, 0.3) is 0 Å². The van der Waals surface area contributed by atoms with E-state index in [2.05, 4.69) is 15.6 Å². The van der Waals surface area contributed by atoms with Gasteiger partial charge in [-0.3, -0.25) is 9.59 Å². The van der Waals surface area contributed by atoms with Crippen molar-refractivity contribution in [3.05, 3.63) is 59.2 Å². The van der Waals surface area contributed by atoms with Crippen molar-refractivity contribution in [3.8, 4) is 0 Å². The first-order chi connectivity index (χ1) is 11.0. The fourth-order valence-electron chi connectivity index (χ4n) is 2.08. The van der Waals surface area contributed by atoms with Crippen LogP contribution >= 0.6 is 11.6 Å². The number of halogens is 1. The van der Waals surface area contributed by atoms with Gasteiger partial charge in [-0.2, -0.15) is 0 Å². The zero-order valence-electron chi connectivity index (χ0n) is 12.8. The molecule has 0 saturated carbocycles. The van der Waals surface area contributed by atoms with Gasteiger partial charge in [-0.05, 0) is 36.2 Å². The fraction of sp³-hybridized carbons (Fsp3) is 0.235. The van der Waals surface area contributed by atoms with E-state index < -0.39 is 0 Å². The molecule has 0 saturated heterocycles. The summed E-state index contributed by atoms with van der Waals surface area (Å²) in [6, 6.07) is 12.6. The van der Waals surface area contributed by atoms with Crippen LogP contribution in [0, 0.1) is 5.92 Å². The number of carbonyl (C=O) groups is 2. The molecule has 2 rings (SSSR count). The minimum Gasteiger partial charge on any atom is -0.347 e. The van der Waals surface area contributed by atoms with E-state index in [1.807, 2.05) is 25.1 Å². The van der Waals surface area contributed by atoms with Crippen molar-refractivity contribution in [3.63, 3.8) is 0 Å². The molecule has 0 fully saturated rings. The van der Waals surface area contributed by atoms with Crippen LogP contribution in [0.3, 0.4) is 0 Å². The van der Waals surface area contributed by atoms with Gasteiger partial charge >= 0.3 is 0 Å². The summed E-state index contributed by atoms with van der Waals surface area (Å²) in [7, 11) is 0. The lowest BCUT2D eigenvalue weighted by molar-refractivity contribution is -0.126. The normalized spacial score (nSPS) is 11.6. The number of aromatic nitrogens is 1. The first-order valence-corrected chi connectivity index (χ1v) is 7.65. The smallest absolute Gasteiger partial charge is 0.244 e. The standard InChI is InChI=1S/C17H18ClN3O2/c1-12(9-13-5-4-6-14(18)10-13)17(23)20-11-16(22)21-15-7-2-3-8-19-15/h2-8,10,12H,9,11H2,1H3,(H,20,23)(H,19,21,22)/t12-/m0/s1. The molecule has 2 N–H and O–H groups in total. The van der Waals surface area contributed by atoms with E-state index in [0.717, 1.165) is 5.56 Å². The van der Waals surface area contributed by atoms with Crippen molar-refractivity contribution in [2.75, 3.05) is 11.9 Å². The van der Waals surface area contributed by atoms with Gasteiger partial charge in [0, 0.05) is 17.1 Å². The second kappa shape index (κ2) is 8.29. The number of hydrogen-bond acceptors (Lipinski definition) is 3. The Labute approximate surface area is 140 Å². The van der Waals surface area contributed by atoms with E-state index in [4.69, 9.17) is 11.6 Å². The highest BCUT2D eigenvalue weighted by Crippen LogP contribution is 2.14. The van der Waals surface area contributed by atoms with Crippen LogP contribution in [0.25, 0.3) is 0 Å².